The van der Waals surface area contributed by atoms with E-state index < -0.39 is 0 Å². The summed E-state index contributed by atoms with van der Waals surface area (Å²) in [5.41, 5.74) is 5.62. The Morgan fingerprint density at radius 2 is 1.96 bits per heavy atom. The molecule has 0 saturated carbocycles. The molecule has 0 radical (unpaired) electrons. The number of fused-ring (bicyclic) bond motifs is 1. The molecule has 0 amide bonds. The zero-order valence-corrected chi connectivity index (χ0v) is 13.1. The SMILES string of the molecule is c1cc(-c2ncc[nH]2)cc(-n2cnc3cc(-c4ccoc4)cnc32)c1. The van der Waals surface area contributed by atoms with Gasteiger partial charge in [0.1, 0.15) is 17.7 Å². The Labute approximate surface area is 142 Å². The van der Waals surface area contributed by atoms with Crippen LogP contribution in [0.3, 0.4) is 0 Å². The van der Waals surface area contributed by atoms with E-state index in [2.05, 4.69) is 26.0 Å². The van der Waals surface area contributed by atoms with E-state index in [1.54, 1.807) is 25.1 Å². The highest BCUT2D eigenvalue weighted by Gasteiger charge is 2.10. The second kappa shape index (κ2) is 5.45. The maximum absolute atomic E-state index is 5.14. The summed E-state index contributed by atoms with van der Waals surface area (Å²) in [6, 6.07) is 12.0. The number of furan rings is 1. The van der Waals surface area contributed by atoms with Gasteiger partial charge >= 0.3 is 0 Å². The predicted octanol–water partition coefficient (Wildman–Crippen LogP) is 4.07. The largest absolute Gasteiger partial charge is 0.472 e. The van der Waals surface area contributed by atoms with E-state index in [1.165, 1.54) is 0 Å². The Bertz CT molecular complexity index is 1140. The molecule has 5 rings (SSSR count). The van der Waals surface area contributed by atoms with Crippen molar-refractivity contribution >= 4 is 11.2 Å². The Morgan fingerprint density at radius 3 is 2.80 bits per heavy atom. The first kappa shape index (κ1) is 13.7. The van der Waals surface area contributed by atoms with Crippen molar-refractivity contribution in [3.63, 3.8) is 0 Å². The van der Waals surface area contributed by atoms with E-state index in [0.29, 0.717) is 0 Å². The van der Waals surface area contributed by atoms with Crippen LogP contribution in [0.25, 0.3) is 39.4 Å². The fourth-order valence-corrected chi connectivity index (χ4v) is 2.90. The molecule has 25 heavy (non-hydrogen) atoms. The molecule has 0 bridgehead atoms. The topological polar surface area (TPSA) is 72.5 Å². The average Bonchev–Trinajstić information content (AvgIpc) is 3.42. The highest BCUT2D eigenvalue weighted by Crippen LogP contribution is 2.25. The molecule has 5 aromatic rings. The number of nitrogens with zero attached hydrogens (tertiary/aromatic N) is 4. The fraction of sp³-hybridized carbons (Fsp3) is 0. The van der Waals surface area contributed by atoms with E-state index in [9.17, 15) is 0 Å². The van der Waals surface area contributed by atoms with Gasteiger partial charge in [-0.05, 0) is 24.3 Å². The van der Waals surface area contributed by atoms with Crippen LogP contribution in [-0.4, -0.2) is 24.5 Å². The van der Waals surface area contributed by atoms with Crippen molar-refractivity contribution in [2.24, 2.45) is 0 Å². The van der Waals surface area contributed by atoms with Crippen LogP contribution < -0.4 is 0 Å². The van der Waals surface area contributed by atoms with Gasteiger partial charge in [0.25, 0.3) is 0 Å². The fourth-order valence-electron chi connectivity index (χ4n) is 2.90. The predicted molar refractivity (Wildman–Crippen MR) is 94.1 cm³/mol. The van der Waals surface area contributed by atoms with Crippen molar-refractivity contribution in [3.05, 3.63) is 73.8 Å². The number of aromatic nitrogens is 5. The molecule has 0 saturated heterocycles. The Hall–Kier alpha value is -3.67. The minimum absolute atomic E-state index is 0.809. The maximum Gasteiger partial charge on any atom is 0.164 e. The van der Waals surface area contributed by atoms with Crippen LogP contribution in [-0.2, 0) is 0 Å². The minimum Gasteiger partial charge on any atom is -0.472 e. The van der Waals surface area contributed by atoms with Crippen molar-refractivity contribution in [1.29, 1.82) is 0 Å². The Morgan fingerprint density at radius 1 is 0.960 bits per heavy atom. The molecule has 0 aliphatic rings. The van der Waals surface area contributed by atoms with Gasteiger partial charge in [-0.25, -0.2) is 15.0 Å². The number of benzene rings is 1. The number of rotatable bonds is 3. The monoisotopic (exact) mass is 327 g/mol. The van der Waals surface area contributed by atoms with Crippen LogP contribution in [0.4, 0.5) is 0 Å². The van der Waals surface area contributed by atoms with Gasteiger partial charge in [-0.2, -0.15) is 0 Å². The van der Waals surface area contributed by atoms with Gasteiger partial charge in [0.2, 0.25) is 0 Å². The van der Waals surface area contributed by atoms with Gasteiger partial charge in [-0.1, -0.05) is 12.1 Å². The third kappa shape index (κ3) is 2.31. The number of pyridine rings is 1. The molecule has 6 nitrogen and oxygen atoms in total. The third-order valence-electron chi connectivity index (χ3n) is 4.14. The summed E-state index contributed by atoms with van der Waals surface area (Å²) in [5.74, 6) is 0.835. The quantitative estimate of drug-likeness (QED) is 0.542. The summed E-state index contributed by atoms with van der Waals surface area (Å²) >= 11 is 0. The minimum atomic E-state index is 0.809. The van der Waals surface area contributed by atoms with Gasteiger partial charge in [0.15, 0.2) is 5.65 Å². The van der Waals surface area contributed by atoms with Crippen LogP contribution in [0.1, 0.15) is 0 Å². The van der Waals surface area contributed by atoms with E-state index in [-0.39, 0.29) is 0 Å². The van der Waals surface area contributed by atoms with Crippen molar-refractivity contribution < 1.29 is 4.42 Å². The zero-order chi connectivity index (χ0) is 16.6. The van der Waals surface area contributed by atoms with Gasteiger partial charge in [0.05, 0.1) is 12.5 Å². The van der Waals surface area contributed by atoms with Crippen molar-refractivity contribution in [1.82, 2.24) is 24.5 Å². The van der Waals surface area contributed by atoms with Crippen molar-refractivity contribution in [3.8, 4) is 28.2 Å². The first-order chi connectivity index (χ1) is 12.4. The highest BCUT2D eigenvalue weighted by molar-refractivity contribution is 5.79. The van der Waals surface area contributed by atoms with Crippen LogP contribution in [0.2, 0.25) is 0 Å². The van der Waals surface area contributed by atoms with Gasteiger partial charge in [0, 0.05) is 41.0 Å². The molecule has 120 valence electrons. The summed E-state index contributed by atoms with van der Waals surface area (Å²) in [5, 5.41) is 0. The number of hydrogen-bond acceptors (Lipinski definition) is 4. The van der Waals surface area contributed by atoms with E-state index >= 15 is 0 Å². The number of hydrogen-bond donors (Lipinski definition) is 1. The van der Waals surface area contributed by atoms with Gasteiger partial charge < -0.3 is 9.40 Å². The molecular weight excluding hydrogens is 314 g/mol. The zero-order valence-electron chi connectivity index (χ0n) is 13.1. The molecule has 1 aromatic carbocycles. The van der Waals surface area contributed by atoms with Crippen LogP contribution >= 0.6 is 0 Å². The first-order valence-electron chi connectivity index (χ1n) is 7.84. The molecule has 0 unspecified atom stereocenters. The second-order valence-corrected chi connectivity index (χ2v) is 5.68. The molecule has 1 N–H and O–H groups in total. The number of H-pyrrole nitrogens is 1. The van der Waals surface area contributed by atoms with Crippen LogP contribution in [0, 0.1) is 0 Å². The van der Waals surface area contributed by atoms with E-state index in [4.69, 9.17) is 4.42 Å². The summed E-state index contributed by atoms with van der Waals surface area (Å²) in [7, 11) is 0. The van der Waals surface area contributed by atoms with Crippen molar-refractivity contribution in [2.45, 2.75) is 0 Å². The summed E-state index contributed by atoms with van der Waals surface area (Å²) in [4.78, 5) is 16.5. The molecular formula is C19H13N5O. The second-order valence-electron chi connectivity index (χ2n) is 5.68. The smallest absolute Gasteiger partial charge is 0.164 e. The molecule has 0 spiro atoms. The van der Waals surface area contributed by atoms with E-state index in [1.807, 2.05) is 47.3 Å². The van der Waals surface area contributed by atoms with Crippen LogP contribution in [0.5, 0.6) is 0 Å². The average molecular weight is 327 g/mol. The Balaban J connectivity index is 1.61. The Kier molecular flexibility index (Phi) is 3.00. The lowest BCUT2D eigenvalue weighted by Gasteiger charge is -2.06. The lowest BCUT2D eigenvalue weighted by molar-refractivity contribution is 0.568. The van der Waals surface area contributed by atoms with Gasteiger partial charge in [-0.3, -0.25) is 4.57 Å². The molecule has 0 aliphatic carbocycles. The lowest BCUT2D eigenvalue weighted by atomic mass is 10.1. The third-order valence-corrected chi connectivity index (χ3v) is 4.14. The maximum atomic E-state index is 5.14. The summed E-state index contributed by atoms with van der Waals surface area (Å²) in [6.45, 7) is 0. The van der Waals surface area contributed by atoms with Crippen molar-refractivity contribution in [2.75, 3.05) is 0 Å². The molecule has 0 atom stereocenters. The molecule has 4 heterocycles. The van der Waals surface area contributed by atoms with E-state index in [0.717, 1.165) is 39.4 Å². The molecule has 0 aliphatic heterocycles. The number of nitrogens with one attached hydrogen (secondary N) is 1. The molecule has 6 heteroatoms. The van der Waals surface area contributed by atoms with Crippen LogP contribution in [0.15, 0.2) is 78.3 Å². The lowest BCUT2D eigenvalue weighted by Crippen LogP contribution is -1.94. The number of imidazole rings is 2. The molecule has 0 fully saturated rings. The summed E-state index contributed by atoms with van der Waals surface area (Å²) < 4.78 is 7.11. The normalized spacial score (nSPS) is 11.2. The molecule has 4 aromatic heterocycles. The summed E-state index contributed by atoms with van der Waals surface area (Å²) in [6.07, 6.45) is 10.5. The standard InChI is InChI=1S/C19H13N5O/c1-2-13(18-20-5-6-21-18)8-16(3-1)24-12-23-17-9-15(10-22-19(17)24)14-4-7-25-11-14/h1-12H,(H,20,21). The number of aromatic amines is 1. The first-order valence-corrected chi connectivity index (χ1v) is 7.84. The van der Waals surface area contributed by atoms with Gasteiger partial charge in [-0.15, -0.1) is 0 Å². The highest BCUT2D eigenvalue weighted by atomic mass is 16.3.